The van der Waals surface area contributed by atoms with Gasteiger partial charge < -0.3 is 9.51 Å². The second-order valence-corrected chi connectivity index (χ2v) is 2.78. The van der Waals surface area contributed by atoms with Crippen LogP contribution in [0.3, 0.4) is 0 Å². The van der Waals surface area contributed by atoms with E-state index in [4.69, 9.17) is 9.79 Å². The van der Waals surface area contributed by atoms with Crippen molar-refractivity contribution in [2.75, 3.05) is 0 Å². The summed E-state index contributed by atoms with van der Waals surface area (Å²) in [7, 11) is -4.39. The Kier molecular flexibility index (Phi) is 1.80. The molecule has 0 aliphatic rings. The Morgan fingerprint density at radius 3 is 2.70 bits per heavy atom. The molecule has 3 N–H and O–H groups in total. The first kappa shape index (κ1) is 7.34. The molecule has 10 heavy (non-hydrogen) atoms. The van der Waals surface area contributed by atoms with Gasteiger partial charge in [-0.05, 0) is 6.07 Å². The zero-order chi connectivity index (χ0) is 7.61. The van der Waals surface area contributed by atoms with Crippen molar-refractivity contribution in [3.05, 3.63) is 18.3 Å². The lowest BCUT2D eigenvalue weighted by molar-refractivity contribution is 0.280. The molecule has 0 aromatic carbocycles. The van der Waals surface area contributed by atoms with Crippen LogP contribution >= 0.6 is 7.82 Å². The lowest BCUT2D eigenvalue weighted by Gasteiger charge is -2.02. The summed E-state index contributed by atoms with van der Waals surface area (Å²) in [5.74, 6) is 0.0633. The average Bonchev–Trinajstić information content (AvgIpc) is 2.12. The summed E-state index contributed by atoms with van der Waals surface area (Å²) in [6.45, 7) is 0. The number of phosphoric ester groups is 1. The third-order valence-electron chi connectivity index (χ3n) is 0.787. The molecule has 6 heteroatoms. The van der Waals surface area contributed by atoms with Gasteiger partial charge in [0.2, 0.25) is 5.88 Å². The van der Waals surface area contributed by atoms with Gasteiger partial charge in [0, 0.05) is 12.3 Å². The molecule has 0 bridgehead atoms. The molecule has 1 aromatic rings. The highest BCUT2D eigenvalue weighted by atomic mass is 31.2. The standard InChI is InChI=1S/C4H6NO4P/c6-10(7,8)9-4-2-1-3-5-4/h1-3,5H,(H2,6,7,8). The molecule has 1 rings (SSSR count). The van der Waals surface area contributed by atoms with Gasteiger partial charge in [0.15, 0.2) is 0 Å². The Labute approximate surface area is 56.9 Å². The first-order valence-corrected chi connectivity index (χ1v) is 3.99. The molecular formula is C4H6NO4P. The van der Waals surface area contributed by atoms with Gasteiger partial charge in [0.25, 0.3) is 0 Å². The maximum Gasteiger partial charge on any atom is 0.525 e. The van der Waals surface area contributed by atoms with E-state index >= 15 is 0 Å². The van der Waals surface area contributed by atoms with Crippen molar-refractivity contribution in [1.82, 2.24) is 4.98 Å². The molecule has 1 heterocycles. The van der Waals surface area contributed by atoms with Crippen LogP contribution in [0.1, 0.15) is 0 Å². The predicted octanol–water partition coefficient (Wildman–Crippen LogP) is 0.486. The number of aromatic amines is 1. The summed E-state index contributed by atoms with van der Waals surface area (Å²) in [5, 5.41) is 0. The van der Waals surface area contributed by atoms with Gasteiger partial charge in [-0.1, -0.05) is 0 Å². The van der Waals surface area contributed by atoms with Crippen LogP contribution in [0, 0.1) is 0 Å². The maximum atomic E-state index is 10.2. The van der Waals surface area contributed by atoms with Gasteiger partial charge in [-0.2, -0.15) is 0 Å². The molecule has 0 amide bonds. The SMILES string of the molecule is O=P(O)(O)Oc1ccc[nH]1. The van der Waals surface area contributed by atoms with Crippen molar-refractivity contribution in [3.63, 3.8) is 0 Å². The van der Waals surface area contributed by atoms with Crippen LogP contribution in [-0.4, -0.2) is 14.8 Å². The average molecular weight is 163 g/mol. The smallest absolute Gasteiger partial charge is 0.388 e. The number of phosphoric acid groups is 1. The molecule has 0 unspecified atom stereocenters. The van der Waals surface area contributed by atoms with Gasteiger partial charge in [-0.25, -0.2) is 4.57 Å². The fourth-order valence-electron chi connectivity index (χ4n) is 0.499. The summed E-state index contributed by atoms with van der Waals surface area (Å²) in [6.07, 6.45) is 1.50. The van der Waals surface area contributed by atoms with Gasteiger partial charge in [-0.3, -0.25) is 9.79 Å². The van der Waals surface area contributed by atoms with E-state index in [1.807, 2.05) is 0 Å². The summed E-state index contributed by atoms with van der Waals surface area (Å²) in [5.41, 5.74) is 0. The van der Waals surface area contributed by atoms with E-state index in [9.17, 15) is 4.57 Å². The highest BCUT2D eigenvalue weighted by Gasteiger charge is 2.15. The molecule has 1 aromatic heterocycles. The molecule has 56 valence electrons. The van der Waals surface area contributed by atoms with Crippen LogP contribution in [0.2, 0.25) is 0 Å². The molecule has 0 fully saturated rings. The normalized spacial score (nSPS) is 11.4. The Morgan fingerprint density at radius 1 is 1.60 bits per heavy atom. The van der Waals surface area contributed by atoms with E-state index in [-0.39, 0.29) is 5.88 Å². The minimum atomic E-state index is -4.39. The van der Waals surface area contributed by atoms with Crippen molar-refractivity contribution >= 4 is 7.82 Å². The number of rotatable bonds is 2. The zero-order valence-electron chi connectivity index (χ0n) is 4.89. The van der Waals surface area contributed by atoms with Crippen LogP contribution in [0.25, 0.3) is 0 Å². The van der Waals surface area contributed by atoms with E-state index in [2.05, 4.69) is 9.51 Å². The monoisotopic (exact) mass is 163 g/mol. The number of hydrogen-bond acceptors (Lipinski definition) is 2. The summed E-state index contributed by atoms with van der Waals surface area (Å²) < 4.78 is 14.3. The first-order chi connectivity index (χ1) is 4.58. The summed E-state index contributed by atoms with van der Waals surface area (Å²) in [4.78, 5) is 19.0. The minimum Gasteiger partial charge on any atom is -0.388 e. The van der Waals surface area contributed by atoms with E-state index in [1.165, 1.54) is 12.3 Å². The number of nitrogens with one attached hydrogen (secondary N) is 1. The van der Waals surface area contributed by atoms with Gasteiger partial charge in [0.1, 0.15) is 0 Å². The van der Waals surface area contributed by atoms with Crippen molar-refractivity contribution in [2.45, 2.75) is 0 Å². The third kappa shape index (κ3) is 2.23. The Balaban J connectivity index is 2.66. The third-order valence-corrected chi connectivity index (χ3v) is 1.22. The first-order valence-electron chi connectivity index (χ1n) is 2.46. The highest BCUT2D eigenvalue weighted by molar-refractivity contribution is 7.46. The molecule has 0 saturated heterocycles. The van der Waals surface area contributed by atoms with Crippen molar-refractivity contribution in [3.8, 4) is 5.88 Å². The quantitative estimate of drug-likeness (QED) is 0.554. The Bertz CT molecular complexity index is 238. The fraction of sp³-hybridized carbons (Fsp3) is 0. The topological polar surface area (TPSA) is 82.6 Å². The predicted molar refractivity (Wildman–Crippen MR) is 33.5 cm³/mol. The van der Waals surface area contributed by atoms with E-state index in [0.717, 1.165) is 0 Å². The van der Waals surface area contributed by atoms with E-state index < -0.39 is 7.82 Å². The van der Waals surface area contributed by atoms with Gasteiger partial charge >= 0.3 is 7.82 Å². The highest BCUT2D eigenvalue weighted by Crippen LogP contribution is 2.36. The largest absolute Gasteiger partial charge is 0.525 e. The molecule has 0 aliphatic heterocycles. The van der Waals surface area contributed by atoms with Crippen molar-refractivity contribution < 1.29 is 18.9 Å². The number of hydrogen-bond donors (Lipinski definition) is 3. The molecule has 0 spiro atoms. The summed E-state index contributed by atoms with van der Waals surface area (Å²) >= 11 is 0. The Hall–Kier alpha value is -0.770. The second kappa shape index (κ2) is 2.46. The van der Waals surface area contributed by atoms with Crippen molar-refractivity contribution in [2.24, 2.45) is 0 Å². The molecule has 5 nitrogen and oxygen atoms in total. The fourth-order valence-corrected chi connectivity index (χ4v) is 0.869. The lowest BCUT2D eigenvalue weighted by Crippen LogP contribution is -1.88. The van der Waals surface area contributed by atoms with Crippen LogP contribution in [-0.2, 0) is 4.57 Å². The van der Waals surface area contributed by atoms with E-state index in [1.54, 1.807) is 6.07 Å². The van der Waals surface area contributed by atoms with Gasteiger partial charge in [-0.15, -0.1) is 0 Å². The minimum absolute atomic E-state index is 0.0633. The van der Waals surface area contributed by atoms with Gasteiger partial charge in [0.05, 0.1) is 0 Å². The molecule has 0 atom stereocenters. The Morgan fingerprint density at radius 2 is 2.30 bits per heavy atom. The zero-order valence-corrected chi connectivity index (χ0v) is 5.78. The summed E-state index contributed by atoms with van der Waals surface area (Å²) in [6, 6.07) is 2.99. The lowest BCUT2D eigenvalue weighted by atomic mass is 10.7. The maximum absolute atomic E-state index is 10.2. The van der Waals surface area contributed by atoms with Crippen LogP contribution in [0.4, 0.5) is 0 Å². The molecule has 0 radical (unpaired) electrons. The van der Waals surface area contributed by atoms with E-state index in [0.29, 0.717) is 0 Å². The molecule has 0 saturated carbocycles. The van der Waals surface area contributed by atoms with Crippen LogP contribution in [0.15, 0.2) is 18.3 Å². The molecule has 0 aliphatic carbocycles. The van der Waals surface area contributed by atoms with Crippen LogP contribution < -0.4 is 4.52 Å². The molecular weight excluding hydrogens is 157 g/mol. The second-order valence-electron chi connectivity index (χ2n) is 1.62. The number of H-pyrrole nitrogens is 1. The van der Waals surface area contributed by atoms with Crippen LogP contribution in [0.5, 0.6) is 5.88 Å². The van der Waals surface area contributed by atoms with Crippen molar-refractivity contribution in [1.29, 1.82) is 0 Å². The number of aromatic nitrogens is 1.